The molecule has 4 heterocycles. The lowest BCUT2D eigenvalue weighted by Crippen LogP contribution is -2.54. The number of carbonyl (C=O) groups is 5. The van der Waals surface area contributed by atoms with E-state index in [4.69, 9.17) is 4.98 Å². The molecule has 56 heavy (non-hydrogen) atoms. The molecule has 7 rings (SSSR count). The highest BCUT2D eigenvalue weighted by molar-refractivity contribution is 7.18. The number of hydrogen-bond donors (Lipinski definition) is 4. The summed E-state index contributed by atoms with van der Waals surface area (Å²) in [7, 11) is 2.16. The van der Waals surface area contributed by atoms with Crippen LogP contribution in [0.25, 0.3) is 10.2 Å². The average molecular weight is 780 g/mol. The van der Waals surface area contributed by atoms with Gasteiger partial charge in [-0.3, -0.25) is 34.2 Å². The van der Waals surface area contributed by atoms with Crippen molar-refractivity contribution in [3.05, 3.63) is 81.6 Å². The van der Waals surface area contributed by atoms with Crippen molar-refractivity contribution >= 4 is 62.5 Å². The van der Waals surface area contributed by atoms with Crippen LogP contribution in [0.4, 0.5) is 11.4 Å². The van der Waals surface area contributed by atoms with Gasteiger partial charge in [0.2, 0.25) is 11.8 Å². The van der Waals surface area contributed by atoms with E-state index in [1.54, 1.807) is 55.5 Å². The number of aromatic nitrogens is 2. The van der Waals surface area contributed by atoms with Gasteiger partial charge in [0.15, 0.2) is 0 Å². The first-order valence-electron chi connectivity index (χ1n) is 19.5. The Hall–Kier alpha value is -5.05. The fourth-order valence-electron chi connectivity index (χ4n) is 8.15. The predicted octanol–water partition coefficient (Wildman–Crippen LogP) is 5.98. The highest BCUT2D eigenvalue weighted by Gasteiger charge is 2.45. The molecular weight excluding hydrogens is 731 g/mol. The van der Waals surface area contributed by atoms with Gasteiger partial charge in [-0.1, -0.05) is 12.1 Å². The molecule has 294 valence electrons. The molecule has 1 unspecified atom stereocenters. The molecular formula is C42H49N7O6S. The molecule has 2 fully saturated rings. The molecule has 1 saturated heterocycles. The molecule has 2 aromatic carbocycles. The first kappa shape index (κ1) is 39.2. The maximum Gasteiger partial charge on any atom is 0.274 e. The lowest BCUT2D eigenvalue weighted by molar-refractivity contribution is -0.136. The van der Waals surface area contributed by atoms with Crippen LogP contribution in [0.3, 0.4) is 0 Å². The smallest absolute Gasteiger partial charge is 0.274 e. The minimum Gasteiger partial charge on any atom is -0.386 e. The van der Waals surface area contributed by atoms with Crippen LogP contribution in [0.15, 0.2) is 48.5 Å². The van der Waals surface area contributed by atoms with Crippen LogP contribution in [0, 0.1) is 12.8 Å². The summed E-state index contributed by atoms with van der Waals surface area (Å²) in [6.45, 7) is 7.85. The number of rotatable bonds is 13. The predicted molar refractivity (Wildman–Crippen MR) is 215 cm³/mol. The lowest BCUT2D eigenvalue weighted by atomic mass is 9.82. The summed E-state index contributed by atoms with van der Waals surface area (Å²) in [6.07, 6.45) is 6.41. The van der Waals surface area contributed by atoms with Crippen molar-refractivity contribution in [2.45, 2.75) is 89.7 Å². The number of thiazole rings is 1. The normalized spacial score (nSPS) is 20.1. The van der Waals surface area contributed by atoms with Gasteiger partial charge in [0.05, 0.1) is 32.0 Å². The Morgan fingerprint density at radius 1 is 0.982 bits per heavy atom. The number of pyridine rings is 1. The number of unbranched alkanes of at least 4 members (excludes halogenated alkanes) is 1. The molecule has 0 spiro atoms. The third kappa shape index (κ3) is 8.37. The van der Waals surface area contributed by atoms with Crippen LogP contribution in [0.1, 0.15) is 119 Å². The summed E-state index contributed by atoms with van der Waals surface area (Å²) in [5.74, 6) is -1.38. The number of nitrogens with zero attached hydrogens (tertiary/aromatic N) is 4. The number of aliphatic hydroxyl groups is 1. The number of amides is 5. The number of hydrogen-bond acceptors (Lipinski definition) is 11. The molecule has 0 bridgehead atoms. The second kappa shape index (κ2) is 16.2. The molecule has 4 aromatic rings. The third-order valence-corrected chi connectivity index (χ3v) is 12.3. The Balaban J connectivity index is 0.879. The van der Waals surface area contributed by atoms with E-state index in [-0.39, 0.29) is 29.9 Å². The fourth-order valence-corrected chi connectivity index (χ4v) is 9.31. The van der Waals surface area contributed by atoms with Crippen LogP contribution < -0.4 is 16.0 Å². The minimum atomic E-state index is -1.19. The van der Waals surface area contributed by atoms with E-state index in [0.29, 0.717) is 41.0 Å². The number of nitrogens with one attached hydrogen (secondary N) is 3. The molecule has 1 aliphatic carbocycles. The molecule has 14 heteroatoms. The van der Waals surface area contributed by atoms with E-state index < -0.39 is 35.3 Å². The zero-order valence-electron chi connectivity index (χ0n) is 32.3. The van der Waals surface area contributed by atoms with Gasteiger partial charge < -0.3 is 20.6 Å². The molecule has 1 atom stereocenters. The molecule has 5 amide bonds. The standard InChI is InChI=1S/C42H49N7O6S/c1-24-9-7-12-30(44-24)37(51)45-31-22-34-32(21-28(31)42(2,3)55)46-39(56-34)26-15-13-25(14-16-26)23-48(4)20-6-5-19-43-29-11-8-10-27-36(29)41(54)49(40(27)53)33-17-18-35(50)47-38(33)52/h7-12,21-22,25-26,33,43,55H,5-6,13-20,23H2,1-4H3,(H,45,51)(H,47,50,52). The number of aryl methyl sites for hydroxylation is 1. The zero-order chi connectivity index (χ0) is 39.7. The lowest BCUT2D eigenvalue weighted by Gasteiger charge is -2.30. The van der Waals surface area contributed by atoms with Crippen molar-refractivity contribution in [3.63, 3.8) is 0 Å². The van der Waals surface area contributed by atoms with E-state index in [9.17, 15) is 29.1 Å². The van der Waals surface area contributed by atoms with Crippen LogP contribution in [-0.2, 0) is 15.2 Å². The Morgan fingerprint density at radius 3 is 2.48 bits per heavy atom. The van der Waals surface area contributed by atoms with Gasteiger partial charge in [-0.25, -0.2) is 9.97 Å². The van der Waals surface area contributed by atoms with Crippen LogP contribution in [-0.4, -0.2) is 87.1 Å². The molecule has 4 N–H and O–H groups in total. The average Bonchev–Trinajstić information content (AvgIpc) is 3.69. The van der Waals surface area contributed by atoms with Gasteiger partial charge in [-0.05, 0) is 122 Å². The van der Waals surface area contributed by atoms with Crippen molar-refractivity contribution in [3.8, 4) is 0 Å². The summed E-state index contributed by atoms with van der Waals surface area (Å²) in [5.41, 5.74) is 3.02. The van der Waals surface area contributed by atoms with Gasteiger partial charge in [-0.15, -0.1) is 11.3 Å². The Morgan fingerprint density at radius 2 is 1.75 bits per heavy atom. The molecule has 1 saturated carbocycles. The van der Waals surface area contributed by atoms with Crippen LogP contribution >= 0.6 is 11.3 Å². The van der Waals surface area contributed by atoms with Gasteiger partial charge in [0.1, 0.15) is 11.7 Å². The molecule has 2 aliphatic heterocycles. The minimum absolute atomic E-state index is 0.0837. The molecule has 0 radical (unpaired) electrons. The van der Waals surface area contributed by atoms with Gasteiger partial charge in [0.25, 0.3) is 17.7 Å². The number of anilines is 2. The van der Waals surface area contributed by atoms with Crippen molar-refractivity contribution in [1.29, 1.82) is 0 Å². The fraction of sp³-hybridized carbons (Fsp3) is 0.452. The topological polar surface area (TPSA) is 174 Å². The Labute approximate surface area is 330 Å². The third-order valence-electron chi connectivity index (χ3n) is 11.1. The summed E-state index contributed by atoms with van der Waals surface area (Å²) in [4.78, 5) is 76.4. The number of imide groups is 2. The largest absolute Gasteiger partial charge is 0.386 e. The molecule has 13 nitrogen and oxygen atoms in total. The molecule has 3 aliphatic rings. The van der Waals surface area contributed by atoms with Crippen molar-refractivity contribution in [2.24, 2.45) is 5.92 Å². The second-order valence-corrected chi connectivity index (χ2v) is 16.9. The zero-order valence-corrected chi connectivity index (χ0v) is 33.1. The van der Waals surface area contributed by atoms with Gasteiger partial charge in [0, 0.05) is 48.1 Å². The highest BCUT2D eigenvalue weighted by atomic mass is 32.1. The maximum absolute atomic E-state index is 13.4. The monoisotopic (exact) mass is 779 g/mol. The van der Waals surface area contributed by atoms with Gasteiger partial charge >= 0.3 is 0 Å². The number of carbonyl (C=O) groups excluding carboxylic acids is 5. The Bertz CT molecular complexity index is 2190. The number of benzene rings is 2. The van der Waals surface area contributed by atoms with Crippen molar-refractivity contribution in [1.82, 2.24) is 25.1 Å². The summed E-state index contributed by atoms with van der Waals surface area (Å²) in [6, 6.07) is 13.3. The Kier molecular flexibility index (Phi) is 11.3. The van der Waals surface area contributed by atoms with Crippen LogP contribution in [0.2, 0.25) is 0 Å². The summed E-state index contributed by atoms with van der Waals surface area (Å²) >= 11 is 1.66. The van der Waals surface area contributed by atoms with Crippen LogP contribution in [0.5, 0.6) is 0 Å². The number of piperidine rings is 1. The van der Waals surface area contributed by atoms with Gasteiger partial charge in [-0.2, -0.15) is 0 Å². The van der Waals surface area contributed by atoms with E-state index in [2.05, 4.69) is 32.9 Å². The summed E-state index contributed by atoms with van der Waals surface area (Å²) < 4.78 is 0.975. The first-order chi connectivity index (χ1) is 26.8. The van der Waals surface area contributed by atoms with E-state index in [1.807, 2.05) is 25.1 Å². The first-order valence-corrected chi connectivity index (χ1v) is 20.3. The number of fused-ring (bicyclic) bond motifs is 2. The second-order valence-electron chi connectivity index (χ2n) is 15.9. The quantitative estimate of drug-likeness (QED) is 0.0935. The SMILES string of the molecule is Cc1cccc(C(=O)Nc2cc3sc(C4CCC(CN(C)CCCCNc5cccc6c5C(=O)N(C5CCC(=O)NC5=O)C6=O)CC4)nc3cc2C(C)(C)O)n1. The van der Waals surface area contributed by atoms with Crippen molar-refractivity contribution in [2.75, 3.05) is 37.3 Å². The maximum atomic E-state index is 13.4. The highest BCUT2D eigenvalue weighted by Crippen LogP contribution is 2.41. The van der Waals surface area contributed by atoms with E-state index in [0.717, 1.165) is 77.4 Å². The molecule has 2 aromatic heterocycles. The summed E-state index contributed by atoms with van der Waals surface area (Å²) in [5, 5.41) is 20.7. The van der Waals surface area contributed by atoms with E-state index >= 15 is 0 Å². The van der Waals surface area contributed by atoms with Crippen molar-refractivity contribution < 1.29 is 29.1 Å². The van der Waals surface area contributed by atoms with E-state index in [1.165, 1.54) is 0 Å².